The highest BCUT2D eigenvalue weighted by molar-refractivity contribution is 6.30. The molecule has 15 heavy (non-hydrogen) atoms. The fraction of sp³-hybridized carbons (Fsp3) is 0.455. The Bertz CT molecular complexity index is 335. The summed E-state index contributed by atoms with van der Waals surface area (Å²) in [4.78, 5) is 2.01. The van der Waals surface area contributed by atoms with Gasteiger partial charge in [0.05, 0.1) is 12.2 Å². The maximum Gasteiger partial charge on any atom is 0.0938 e. The van der Waals surface area contributed by atoms with Gasteiger partial charge in [0.25, 0.3) is 0 Å². The number of aliphatic hydroxyl groups is 2. The summed E-state index contributed by atoms with van der Waals surface area (Å²) < 4.78 is 0. The lowest BCUT2D eigenvalue weighted by atomic mass is 10.2. The number of aliphatic hydroxyl groups excluding tert-OH is 2. The first-order valence-electron chi connectivity index (χ1n) is 4.98. The van der Waals surface area contributed by atoms with Crippen LogP contribution in [0.15, 0.2) is 24.3 Å². The summed E-state index contributed by atoms with van der Waals surface area (Å²) in [6, 6.07) is 7.63. The summed E-state index contributed by atoms with van der Waals surface area (Å²) in [5.41, 5.74) is 1.10. The van der Waals surface area contributed by atoms with E-state index in [9.17, 15) is 10.2 Å². The first kappa shape index (κ1) is 10.9. The molecule has 1 aliphatic rings. The van der Waals surface area contributed by atoms with E-state index in [-0.39, 0.29) is 0 Å². The molecule has 2 unspecified atom stereocenters. The molecule has 0 aliphatic carbocycles. The van der Waals surface area contributed by atoms with Crippen molar-refractivity contribution in [2.45, 2.75) is 18.8 Å². The molecule has 1 saturated heterocycles. The predicted molar refractivity (Wildman–Crippen MR) is 58.7 cm³/mol. The number of rotatable bonds is 2. The molecule has 1 fully saturated rings. The SMILES string of the molecule is OC1CN(Cc2cccc(Cl)c2)CC1O. The van der Waals surface area contributed by atoms with Crippen LogP contribution in [0.4, 0.5) is 0 Å². The van der Waals surface area contributed by atoms with E-state index >= 15 is 0 Å². The molecule has 1 aliphatic heterocycles. The fourth-order valence-electron chi connectivity index (χ4n) is 1.87. The fourth-order valence-corrected chi connectivity index (χ4v) is 2.08. The molecule has 0 spiro atoms. The Morgan fingerprint density at radius 1 is 1.27 bits per heavy atom. The maximum atomic E-state index is 9.38. The number of likely N-dealkylation sites (tertiary alicyclic amines) is 1. The van der Waals surface area contributed by atoms with Crippen LogP contribution in [0.2, 0.25) is 5.02 Å². The largest absolute Gasteiger partial charge is 0.389 e. The zero-order valence-electron chi connectivity index (χ0n) is 8.31. The van der Waals surface area contributed by atoms with Gasteiger partial charge >= 0.3 is 0 Å². The van der Waals surface area contributed by atoms with Gasteiger partial charge in [0.15, 0.2) is 0 Å². The predicted octanol–water partition coefficient (Wildman–Crippen LogP) is 0.877. The molecule has 0 amide bonds. The number of benzene rings is 1. The van der Waals surface area contributed by atoms with Crippen molar-refractivity contribution in [3.63, 3.8) is 0 Å². The zero-order chi connectivity index (χ0) is 10.8. The van der Waals surface area contributed by atoms with E-state index in [0.29, 0.717) is 24.7 Å². The average Bonchev–Trinajstić information content (AvgIpc) is 2.45. The minimum atomic E-state index is -0.621. The molecule has 82 valence electrons. The topological polar surface area (TPSA) is 43.7 Å². The highest BCUT2D eigenvalue weighted by atomic mass is 35.5. The van der Waals surface area contributed by atoms with Crippen molar-refractivity contribution in [1.82, 2.24) is 4.90 Å². The Hall–Kier alpha value is -0.610. The molecule has 0 saturated carbocycles. The Labute approximate surface area is 93.9 Å². The van der Waals surface area contributed by atoms with Gasteiger partial charge in [-0.15, -0.1) is 0 Å². The number of hydrogen-bond donors (Lipinski definition) is 2. The lowest BCUT2D eigenvalue weighted by Gasteiger charge is -2.14. The second-order valence-electron chi connectivity index (χ2n) is 3.96. The van der Waals surface area contributed by atoms with E-state index in [1.807, 2.05) is 29.2 Å². The van der Waals surface area contributed by atoms with E-state index < -0.39 is 12.2 Å². The number of nitrogens with zero attached hydrogens (tertiary/aromatic N) is 1. The molecule has 1 aromatic rings. The standard InChI is InChI=1S/C11H14ClNO2/c12-9-3-1-2-8(4-9)5-13-6-10(14)11(15)7-13/h1-4,10-11,14-15H,5-7H2. The first-order chi connectivity index (χ1) is 7.15. The van der Waals surface area contributed by atoms with Crippen molar-refractivity contribution < 1.29 is 10.2 Å². The van der Waals surface area contributed by atoms with Gasteiger partial charge in [-0.25, -0.2) is 0 Å². The summed E-state index contributed by atoms with van der Waals surface area (Å²) in [6.45, 7) is 1.76. The van der Waals surface area contributed by atoms with Gasteiger partial charge in [0.2, 0.25) is 0 Å². The van der Waals surface area contributed by atoms with Crippen molar-refractivity contribution in [3.8, 4) is 0 Å². The molecule has 0 radical (unpaired) electrons. The quantitative estimate of drug-likeness (QED) is 0.788. The van der Waals surface area contributed by atoms with E-state index in [1.165, 1.54) is 0 Å². The second-order valence-corrected chi connectivity index (χ2v) is 4.40. The van der Waals surface area contributed by atoms with E-state index in [0.717, 1.165) is 5.56 Å². The highest BCUT2D eigenvalue weighted by Gasteiger charge is 2.29. The van der Waals surface area contributed by atoms with Gasteiger partial charge < -0.3 is 10.2 Å². The molecule has 4 heteroatoms. The minimum absolute atomic E-state index is 0.522. The maximum absolute atomic E-state index is 9.38. The molecule has 3 nitrogen and oxygen atoms in total. The van der Waals surface area contributed by atoms with Crippen LogP contribution >= 0.6 is 11.6 Å². The molecule has 1 aromatic carbocycles. The van der Waals surface area contributed by atoms with Crippen LogP contribution < -0.4 is 0 Å². The Kier molecular flexibility index (Phi) is 3.26. The van der Waals surface area contributed by atoms with Crippen LogP contribution in [0.3, 0.4) is 0 Å². The molecule has 0 bridgehead atoms. The number of halogens is 1. The molecule has 2 N–H and O–H groups in total. The Morgan fingerprint density at radius 2 is 1.93 bits per heavy atom. The van der Waals surface area contributed by atoms with Gasteiger partial charge in [-0.1, -0.05) is 23.7 Å². The van der Waals surface area contributed by atoms with Gasteiger partial charge in [-0.05, 0) is 17.7 Å². The number of hydrogen-bond acceptors (Lipinski definition) is 3. The van der Waals surface area contributed by atoms with E-state index in [1.54, 1.807) is 0 Å². The minimum Gasteiger partial charge on any atom is -0.389 e. The lowest BCUT2D eigenvalue weighted by molar-refractivity contribution is 0.0572. The average molecular weight is 228 g/mol. The summed E-state index contributed by atoms with van der Waals surface area (Å²) in [6.07, 6.45) is -1.24. The summed E-state index contributed by atoms with van der Waals surface area (Å²) >= 11 is 5.87. The van der Waals surface area contributed by atoms with Crippen molar-refractivity contribution in [1.29, 1.82) is 0 Å². The van der Waals surface area contributed by atoms with Gasteiger partial charge in [-0.2, -0.15) is 0 Å². The smallest absolute Gasteiger partial charge is 0.0938 e. The normalized spacial score (nSPS) is 27.1. The monoisotopic (exact) mass is 227 g/mol. The van der Waals surface area contributed by atoms with Crippen molar-refractivity contribution >= 4 is 11.6 Å². The lowest BCUT2D eigenvalue weighted by Crippen LogP contribution is -2.22. The first-order valence-corrected chi connectivity index (χ1v) is 5.36. The molecular formula is C11H14ClNO2. The third kappa shape index (κ3) is 2.69. The van der Waals surface area contributed by atoms with Crippen LogP contribution in [-0.4, -0.2) is 40.4 Å². The molecule has 0 aromatic heterocycles. The molecule has 2 atom stereocenters. The van der Waals surface area contributed by atoms with Gasteiger partial charge in [-0.3, -0.25) is 4.90 Å². The van der Waals surface area contributed by atoms with Gasteiger partial charge in [0.1, 0.15) is 0 Å². The van der Waals surface area contributed by atoms with Crippen LogP contribution in [0.25, 0.3) is 0 Å². The van der Waals surface area contributed by atoms with Crippen LogP contribution in [-0.2, 0) is 6.54 Å². The zero-order valence-corrected chi connectivity index (χ0v) is 9.06. The summed E-state index contributed by atoms with van der Waals surface area (Å²) in [7, 11) is 0. The summed E-state index contributed by atoms with van der Waals surface area (Å²) in [5, 5.41) is 19.5. The Balaban J connectivity index is 1.98. The van der Waals surface area contributed by atoms with Gasteiger partial charge in [0, 0.05) is 24.7 Å². The van der Waals surface area contributed by atoms with E-state index in [4.69, 9.17) is 11.6 Å². The van der Waals surface area contributed by atoms with Crippen LogP contribution in [0, 0.1) is 0 Å². The van der Waals surface area contributed by atoms with Crippen LogP contribution in [0.1, 0.15) is 5.56 Å². The third-order valence-corrected chi connectivity index (χ3v) is 2.86. The van der Waals surface area contributed by atoms with E-state index in [2.05, 4.69) is 0 Å². The summed E-state index contributed by atoms with van der Waals surface area (Å²) in [5.74, 6) is 0. The van der Waals surface area contributed by atoms with Crippen molar-refractivity contribution in [2.24, 2.45) is 0 Å². The molecule has 1 heterocycles. The molecular weight excluding hydrogens is 214 g/mol. The molecule has 2 rings (SSSR count). The highest BCUT2D eigenvalue weighted by Crippen LogP contribution is 2.16. The van der Waals surface area contributed by atoms with Crippen LogP contribution in [0.5, 0.6) is 0 Å². The number of β-amino-alcohol motifs (C(OH)–C–C–N with tert-alkyl or cyclic N) is 2. The van der Waals surface area contributed by atoms with Crippen molar-refractivity contribution in [2.75, 3.05) is 13.1 Å². The van der Waals surface area contributed by atoms with Crippen molar-refractivity contribution in [3.05, 3.63) is 34.9 Å². The third-order valence-electron chi connectivity index (χ3n) is 2.63. The Morgan fingerprint density at radius 3 is 2.53 bits per heavy atom. The second kappa shape index (κ2) is 4.49.